The van der Waals surface area contributed by atoms with E-state index >= 15 is 0 Å². The van der Waals surface area contributed by atoms with Crippen LogP contribution in [0.2, 0.25) is 5.02 Å². The van der Waals surface area contributed by atoms with E-state index in [1.54, 1.807) is 31.4 Å². The summed E-state index contributed by atoms with van der Waals surface area (Å²) in [5.74, 6) is -2.25. The number of amides is 1. The Morgan fingerprint density at radius 1 is 1.17 bits per heavy atom. The van der Waals surface area contributed by atoms with E-state index in [-0.39, 0.29) is 10.6 Å². The number of aromatic nitrogens is 1. The van der Waals surface area contributed by atoms with Gasteiger partial charge in [0, 0.05) is 11.5 Å². The average molecular weight is 349 g/mol. The lowest BCUT2D eigenvalue weighted by atomic mass is 10.1. The van der Waals surface area contributed by atoms with Crippen LogP contribution in [0.3, 0.4) is 0 Å². The molecule has 1 N–H and O–H groups in total. The van der Waals surface area contributed by atoms with E-state index in [1.165, 1.54) is 6.20 Å². The van der Waals surface area contributed by atoms with Gasteiger partial charge in [0.05, 0.1) is 35.1 Å². The third-order valence-electron chi connectivity index (χ3n) is 3.40. The fourth-order valence-electron chi connectivity index (χ4n) is 2.19. The van der Waals surface area contributed by atoms with Gasteiger partial charge in [0.15, 0.2) is 11.6 Å². The number of carbonyl (C=O) groups excluding carboxylic acids is 1. The third kappa shape index (κ3) is 3.14. The van der Waals surface area contributed by atoms with E-state index < -0.39 is 17.5 Å². The maximum atomic E-state index is 13.3. The molecule has 1 heterocycles. The predicted molar refractivity (Wildman–Crippen MR) is 87.6 cm³/mol. The van der Waals surface area contributed by atoms with E-state index in [2.05, 4.69) is 10.3 Å². The van der Waals surface area contributed by atoms with Crippen molar-refractivity contribution in [3.05, 3.63) is 64.8 Å². The summed E-state index contributed by atoms with van der Waals surface area (Å²) in [6.07, 6.45) is 1.45. The molecule has 4 nitrogen and oxygen atoms in total. The van der Waals surface area contributed by atoms with E-state index in [0.29, 0.717) is 17.0 Å². The molecule has 24 heavy (non-hydrogen) atoms. The Hall–Kier alpha value is -2.73. The Morgan fingerprint density at radius 3 is 2.67 bits per heavy atom. The van der Waals surface area contributed by atoms with Crippen molar-refractivity contribution in [2.75, 3.05) is 12.4 Å². The molecular weight excluding hydrogens is 338 g/mol. The highest BCUT2D eigenvalue weighted by Crippen LogP contribution is 2.24. The third-order valence-corrected chi connectivity index (χ3v) is 3.72. The molecule has 122 valence electrons. The Labute approximate surface area is 141 Å². The first-order chi connectivity index (χ1) is 11.5. The van der Waals surface area contributed by atoms with Crippen LogP contribution in [0.5, 0.6) is 5.75 Å². The molecule has 0 saturated heterocycles. The average Bonchev–Trinajstić information content (AvgIpc) is 2.57. The Kier molecular flexibility index (Phi) is 4.31. The molecule has 0 unspecified atom stereocenters. The molecule has 7 heteroatoms. The van der Waals surface area contributed by atoms with E-state index in [9.17, 15) is 13.6 Å². The zero-order chi connectivity index (χ0) is 17.3. The van der Waals surface area contributed by atoms with Gasteiger partial charge in [-0.15, -0.1) is 0 Å². The number of halogens is 3. The molecule has 3 rings (SSSR count). The normalized spacial score (nSPS) is 10.7. The van der Waals surface area contributed by atoms with Crippen LogP contribution in [-0.4, -0.2) is 18.0 Å². The summed E-state index contributed by atoms with van der Waals surface area (Å²) >= 11 is 5.79. The Bertz CT molecular complexity index is 947. The molecule has 3 aromatic rings. The molecule has 0 aliphatic heterocycles. The first-order valence-electron chi connectivity index (χ1n) is 6.87. The van der Waals surface area contributed by atoms with Gasteiger partial charge in [0.2, 0.25) is 0 Å². The molecule has 0 aliphatic rings. The summed E-state index contributed by atoms with van der Waals surface area (Å²) in [5, 5.41) is 3.17. The largest absolute Gasteiger partial charge is 0.497 e. The van der Waals surface area contributed by atoms with Crippen molar-refractivity contribution in [2.45, 2.75) is 0 Å². The van der Waals surface area contributed by atoms with Gasteiger partial charge in [0.25, 0.3) is 5.91 Å². The summed E-state index contributed by atoms with van der Waals surface area (Å²) < 4.78 is 31.5. The Balaban J connectivity index is 1.89. The minimum absolute atomic E-state index is 0.162. The van der Waals surface area contributed by atoms with E-state index in [0.717, 1.165) is 17.5 Å². The molecule has 0 saturated carbocycles. The van der Waals surface area contributed by atoms with Gasteiger partial charge >= 0.3 is 0 Å². The summed E-state index contributed by atoms with van der Waals surface area (Å²) in [5.41, 5.74) is 0.932. The number of hydrogen-bond donors (Lipinski definition) is 1. The molecule has 0 bridgehead atoms. The first-order valence-corrected chi connectivity index (χ1v) is 7.25. The SMILES string of the molecule is COc1ccc2cc(NC(=O)c3cc(F)c(F)cc3Cl)cnc2c1. The topological polar surface area (TPSA) is 51.2 Å². The van der Waals surface area contributed by atoms with Crippen LogP contribution in [0.15, 0.2) is 42.6 Å². The zero-order valence-corrected chi connectivity index (χ0v) is 13.2. The number of nitrogens with one attached hydrogen (secondary N) is 1. The molecule has 1 aromatic heterocycles. The minimum Gasteiger partial charge on any atom is -0.497 e. The molecule has 0 atom stereocenters. The van der Waals surface area contributed by atoms with Crippen molar-refractivity contribution in [1.82, 2.24) is 4.98 Å². The standard InChI is InChI=1S/C17H11ClF2N2O2/c1-24-11-3-2-9-4-10(8-21-16(9)5-11)22-17(23)12-6-14(19)15(20)7-13(12)18/h2-8H,1H3,(H,22,23). The van der Waals surface area contributed by atoms with Crippen LogP contribution in [0.25, 0.3) is 10.9 Å². The molecule has 0 radical (unpaired) electrons. The van der Waals surface area contributed by atoms with Crippen LogP contribution < -0.4 is 10.1 Å². The number of rotatable bonds is 3. The number of pyridine rings is 1. The van der Waals surface area contributed by atoms with Crippen molar-refractivity contribution < 1.29 is 18.3 Å². The smallest absolute Gasteiger partial charge is 0.257 e. The number of anilines is 1. The van der Waals surface area contributed by atoms with Crippen LogP contribution in [0, 0.1) is 11.6 Å². The highest BCUT2D eigenvalue weighted by Gasteiger charge is 2.15. The lowest BCUT2D eigenvalue weighted by Crippen LogP contribution is -2.13. The lowest BCUT2D eigenvalue weighted by Gasteiger charge is -2.08. The van der Waals surface area contributed by atoms with Crippen LogP contribution in [-0.2, 0) is 0 Å². The summed E-state index contributed by atoms with van der Waals surface area (Å²) in [6, 6.07) is 8.53. The zero-order valence-electron chi connectivity index (χ0n) is 12.4. The number of fused-ring (bicyclic) bond motifs is 1. The number of methoxy groups -OCH3 is 1. The Morgan fingerprint density at radius 2 is 1.92 bits per heavy atom. The molecule has 0 aliphatic carbocycles. The van der Waals surface area contributed by atoms with Gasteiger partial charge < -0.3 is 10.1 Å². The molecular formula is C17H11ClF2N2O2. The molecule has 0 spiro atoms. The van der Waals surface area contributed by atoms with Gasteiger partial charge in [0.1, 0.15) is 5.75 Å². The highest BCUT2D eigenvalue weighted by atomic mass is 35.5. The van der Waals surface area contributed by atoms with Gasteiger partial charge in [-0.05, 0) is 30.3 Å². The van der Waals surface area contributed by atoms with E-state index in [4.69, 9.17) is 16.3 Å². The van der Waals surface area contributed by atoms with Gasteiger partial charge in [-0.1, -0.05) is 11.6 Å². The van der Waals surface area contributed by atoms with Crippen molar-refractivity contribution >= 4 is 34.1 Å². The first kappa shape index (κ1) is 16.1. The van der Waals surface area contributed by atoms with Gasteiger partial charge in [-0.2, -0.15) is 0 Å². The van der Waals surface area contributed by atoms with Crippen molar-refractivity contribution in [1.29, 1.82) is 0 Å². The number of benzene rings is 2. The fourth-order valence-corrected chi connectivity index (χ4v) is 2.43. The second-order valence-electron chi connectivity index (χ2n) is 4.98. The van der Waals surface area contributed by atoms with Crippen LogP contribution in [0.1, 0.15) is 10.4 Å². The van der Waals surface area contributed by atoms with Gasteiger partial charge in [-0.25, -0.2) is 8.78 Å². The number of hydrogen-bond acceptors (Lipinski definition) is 3. The van der Waals surface area contributed by atoms with Crippen LogP contribution in [0.4, 0.5) is 14.5 Å². The maximum absolute atomic E-state index is 13.3. The predicted octanol–water partition coefficient (Wildman–Crippen LogP) is 4.43. The highest BCUT2D eigenvalue weighted by molar-refractivity contribution is 6.34. The number of ether oxygens (including phenoxy) is 1. The number of nitrogens with zero attached hydrogens (tertiary/aromatic N) is 1. The summed E-state index contributed by atoms with van der Waals surface area (Å²) in [6.45, 7) is 0. The van der Waals surface area contributed by atoms with Gasteiger partial charge in [-0.3, -0.25) is 9.78 Å². The quantitative estimate of drug-likeness (QED) is 0.712. The molecule has 0 fully saturated rings. The maximum Gasteiger partial charge on any atom is 0.257 e. The number of carbonyl (C=O) groups is 1. The van der Waals surface area contributed by atoms with E-state index in [1.807, 2.05) is 0 Å². The van der Waals surface area contributed by atoms with Crippen molar-refractivity contribution in [3.63, 3.8) is 0 Å². The fraction of sp³-hybridized carbons (Fsp3) is 0.0588. The minimum atomic E-state index is -1.15. The molecule has 2 aromatic carbocycles. The monoisotopic (exact) mass is 348 g/mol. The van der Waals surface area contributed by atoms with Crippen molar-refractivity contribution in [2.24, 2.45) is 0 Å². The van der Waals surface area contributed by atoms with Crippen molar-refractivity contribution in [3.8, 4) is 5.75 Å². The second kappa shape index (κ2) is 6.41. The summed E-state index contributed by atoms with van der Waals surface area (Å²) in [4.78, 5) is 16.4. The molecule has 1 amide bonds. The second-order valence-corrected chi connectivity index (χ2v) is 5.39. The van der Waals surface area contributed by atoms with Crippen LogP contribution >= 0.6 is 11.6 Å². The summed E-state index contributed by atoms with van der Waals surface area (Å²) in [7, 11) is 1.56. The lowest BCUT2D eigenvalue weighted by molar-refractivity contribution is 0.102.